The van der Waals surface area contributed by atoms with Crippen molar-refractivity contribution < 1.29 is 4.79 Å². The molecule has 1 amide bonds. The third-order valence-electron chi connectivity index (χ3n) is 5.80. The monoisotopic (exact) mass is 303 g/mol. The van der Waals surface area contributed by atoms with Crippen molar-refractivity contribution >= 4 is 11.6 Å². The van der Waals surface area contributed by atoms with Crippen molar-refractivity contribution in [1.82, 2.24) is 15.1 Å². The third-order valence-corrected chi connectivity index (χ3v) is 5.80. The van der Waals surface area contributed by atoms with Gasteiger partial charge in [-0.2, -0.15) is 5.10 Å². The summed E-state index contributed by atoms with van der Waals surface area (Å²) in [5.74, 6) is 1.54. The van der Waals surface area contributed by atoms with Crippen molar-refractivity contribution in [3.63, 3.8) is 0 Å². The van der Waals surface area contributed by atoms with Crippen LogP contribution in [0.2, 0.25) is 0 Å². The molecular weight excluding hydrogens is 278 g/mol. The van der Waals surface area contributed by atoms with E-state index in [4.69, 9.17) is 5.73 Å². The van der Waals surface area contributed by atoms with Gasteiger partial charge < -0.3 is 16.4 Å². The number of amides is 1. The van der Waals surface area contributed by atoms with Gasteiger partial charge in [-0.15, -0.1) is 0 Å². The largest absolute Gasteiger partial charge is 0.327 e. The first-order chi connectivity index (χ1) is 10.7. The van der Waals surface area contributed by atoms with E-state index in [0.717, 1.165) is 50.9 Å². The van der Waals surface area contributed by atoms with Crippen LogP contribution in [0.3, 0.4) is 0 Å². The van der Waals surface area contributed by atoms with Crippen LogP contribution in [0.25, 0.3) is 0 Å². The minimum Gasteiger partial charge on any atom is -0.327 e. The maximum atomic E-state index is 12.4. The van der Waals surface area contributed by atoms with Crippen molar-refractivity contribution in [2.24, 2.45) is 23.5 Å². The summed E-state index contributed by atoms with van der Waals surface area (Å²) in [6.07, 6.45) is 9.01. The molecular formula is C16H25N5O. The van der Waals surface area contributed by atoms with Crippen molar-refractivity contribution in [3.05, 3.63) is 12.4 Å². The van der Waals surface area contributed by atoms with E-state index >= 15 is 0 Å². The number of piperidine rings is 1. The fraction of sp³-hybridized carbons (Fsp3) is 0.750. The molecule has 2 heterocycles. The standard InChI is InChI=1S/C16H25N5O/c17-15-7-10-5-11(6-14(10)15)16(22)20-12-8-19-21(9-12)13-1-3-18-4-2-13/h8-11,13-15,18H,1-7,17H2,(H,20,22). The number of nitrogens with one attached hydrogen (secondary N) is 2. The Morgan fingerprint density at radius 1 is 1.32 bits per heavy atom. The van der Waals surface area contributed by atoms with Crippen LogP contribution in [0.15, 0.2) is 12.4 Å². The average Bonchev–Trinajstić information content (AvgIpc) is 3.12. The fourth-order valence-corrected chi connectivity index (χ4v) is 4.41. The smallest absolute Gasteiger partial charge is 0.227 e. The number of hydrogen-bond donors (Lipinski definition) is 3. The van der Waals surface area contributed by atoms with E-state index in [0.29, 0.717) is 23.9 Å². The van der Waals surface area contributed by atoms with Gasteiger partial charge >= 0.3 is 0 Å². The molecule has 1 saturated heterocycles. The fourth-order valence-electron chi connectivity index (χ4n) is 4.41. The molecule has 22 heavy (non-hydrogen) atoms. The molecule has 0 bridgehead atoms. The SMILES string of the molecule is NC1CC2CC(C(=O)Nc3cnn(C4CCNCC4)c3)CC12. The van der Waals surface area contributed by atoms with Gasteiger partial charge in [0.05, 0.1) is 17.9 Å². The van der Waals surface area contributed by atoms with Crippen molar-refractivity contribution in [3.8, 4) is 0 Å². The first kappa shape index (κ1) is 14.2. The number of anilines is 1. The first-order valence-corrected chi connectivity index (χ1v) is 8.52. The third kappa shape index (κ3) is 2.54. The van der Waals surface area contributed by atoms with E-state index in [2.05, 4.69) is 15.7 Å². The van der Waals surface area contributed by atoms with Gasteiger partial charge in [-0.1, -0.05) is 0 Å². The second kappa shape index (κ2) is 5.66. The molecule has 0 aromatic carbocycles. The quantitative estimate of drug-likeness (QED) is 0.781. The predicted molar refractivity (Wildman–Crippen MR) is 84.3 cm³/mol. The summed E-state index contributed by atoms with van der Waals surface area (Å²) < 4.78 is 2.00. The first-order valence-electron chi connectivity index (χ1n) is 8.52. The van der Waals surface area contributed by atoms with Gasteiger partial charge in [0.1, 0.15) is 0 Å². The zero-order valence-electron chi connectivity index (χ0n) is 12.9. The normalized spacial score (nSPS) is 35.0. The highest BCUT2D eigenvalue weighted by molar-refractivity contribution is 5.92. The molecule has 6 nitrogen and oxygen atoms in total. The summed E-state index contributed by atoms with van der Waals surface area (Å²) in [7, 11) is 0. The predicted octanol–water partition coefficient (Wildman–Crippen LogP) is 1.12. The van der Waals surface area contributed by atoms with Gasteiger partial charge in [0, 0.05) is 18.2 Å². The molecule has 120 valence electrons. The van der Waals surface area contributed by atoms with Gasteiger partial charge in [0.15, 0.2) is 0 Å². The summed E-state index contributed by atoms with van der Waals surface area (Å²) in [5.41, 5.74) is 6.84. The Morgan fingerprint density at radius 2 is 2.14 bits per heavy atom. The average molecular weight is 303 g/mol. The Morgan fingerprint density at radius 3 is 2.86 bits per heavy atom. The minimum absolute atomic E-state index is 0.130. The number of nitrogens with two attached hydrogens (primary N) is 1. The maximum absolute atomic E-state index is 12.4. The lowest BCUT2D eigenvalue weighted by molar-refractivity contribution is -0.119. The Bertz CT molecular complexity index is 550. The molecule has 4 N–H and O–H groups in total. The Balaban J connectivity index is 1.35. The van der Waals surface area contributed by atoms with Gasteiger partial charge in [0.25, 0.3) is 0 Å². The highest BCUT2D eigenvalue weighted by Crippen LogP contribution is 2.49. The topological polar surface area (TPSA) is 85.0 Å². The Labute approximate surface area is 130 Å². The molecule has 4 rings (SSSR count). The van der Waals surface area contributed by atoms with E-state index in [-0.39, 0.29) is 11.8 Å². The van der Waals surface area contributed by atoms with Crippen LogP contribution in [-0.2, 0) is 4.79 Å². The van der Waals surface area contributed by atoms with Crippen LogP contribution < -0.4 is 16.4 Å². The van der Waals surface area contributed by atoms with Crippen LogP contribution in [0, 0.1) is 17.8 Å². The molecule has 0 radical (unpaired) electrons. The molecule has 4 unspecified atom stereocenters. The second-order valence-electron chi connectivity index (χ2n) is 7.17. The molecule has 2 saturated carbocycles. The van der Waals surface area contributed by atoms with Crippen LogP contribution in [0.4, 0.5) is 5.69 Å². The van der Waals surface area contributed by atoms with Gasteiger partial charge in [-0.3, -0.25) is 9.48 Å². The van der Waals surface area contributed by atoms with Crippen LogP contribution >= 0.6 is 0 Å². The minimum atomic E-state index is 0.130. The number of fused-ring (bicyclic) bond motifs is 1. The summed E-state index contributed by atoms with van der Waals surface area (Å²) in [6, 6.07) is 0.776. The van der Waals surface area contributed by atoms with E-state index in [9.17, 15) is 4.79 Å². The maximum Gasteiger partial charge on any atom is 0.227 e. The van der Waals surface area contributed by atoms with Crippen molar-refractivity contribution in [2.45, 2.75) is 44.2 Å². The summed E-state index contributed by atoms with van der Waals surface area (Å²) >= 11 is 0. The number of carbonyl (C=O) groups excluding carboxylic acids is 1. The lowest BCUT2D eigenvalue weighted by Crippen LogP contribution is -2.44. The molecule has 1 aromatic rings. The molecule has 0 spiro atoms. The summed E-state index contributed by atoms with van der Waals surface area (Å²) in [4.78, 5) is 12.4. The number of aromatic nitrogens is 2. The van der Waals surface area contributed by atoms with Crippen molar-refractivity contribution in [2.75, 3.05) is 18.4 Å². The van der Waals surface area contributed by atoms with Crippen LogP contribution in [0.5, 0.6) is 0 Å². The van der Waals surface area contributed by atoms with Crippen LogP contribution in [-0.4, -0.2) is 34.8 Å². The molecule has 6 heteroatoms. The lowest BCUT2D eigenvalue weighted by atomic mass is 9.72. The number of carbonyl (C=O) groups is 1. The zero-order chi connectivity index (χ0) is 15.1. The number of hydrogen-bond acceptors (Lipinski definition) is 4. The molecule has 1 aliphatic heterocycles. The molecule has 4 atom stereocenters. The van der Waals surface area contributed by atoms with Gasteiger partial charge in [-0.25, -0.2) is 0 Å². The highest BCUT2D eigenvalue weighted by Gasteiger charge is 2.47. The van der Waals surface area contributed by atoms with Crippen molar-refractivity contribution in [1.29, 1.82) is 0 Å². The number of rotatable bonds is 3. The van der Waals surface area contributed by atoms with E-state index in [1.165, 1.54) is 0 Å². The molecule has 3 aliphatic rings. The summed E-state index contributed by atoms with van der Waals surface area (Å²) in [5, 5.41) is 10.8. The van der Waals surface area contributed by atoms with E-state index < -0.39 is 0 Å². The Kier molecular flexibility index (Phi) is 3.66. The highest BCUT2D eigenvalue weighted by atomic mass is 16.1. The van der Waals surface area contributed by atoms with E-state index in [1.807, 2.05) is 10.9 Å². The van der Waals surface area contributed by atoms with Gasteiger partial charge in [0.2, 0.25) is 5.91 Å². The molecule has 1 aromatic heterocycles. The van der Waals surface area contributed by atoms with E-state index in [1.54, 1.807) is 6.20 Å². The Hall–Kier alpha value is -1.40. The van der Waals surface area contributed by atoms with Gasteiger partial charge in [-0.05, 0) is 57.0 Å². The lowest BCUT2D eigenvalue weighted by Gasteiger charge is -2.37. The number of nitrogens with zero attached hydrogens (tertiary/aromatic N) is 2. The molecule has 2 aliphatic carbocycles. The molecule has 3 fully saturated rings. The van der Waals surface area contributed by atoms with Crippen LogP contribution in [0.1, 0.15) is 38.1 Å². The summed E-state index contributed by atoms with van der Waals surface area (Å²) in [6.45, 7) is 2.08. The second-order valence-corrected chi connectivity index (χ2v) is 7.17. The zero-order valence-corrected chi connectivity index (χ0v) is 12.9.